The first-order valence-electron chi connectivity index (χ1n) is 16.0. The molecule has 0 N–H and O–H groups in total. The number of hydrogen-bond acceptors (Lipinski definition) is 4. The minimum atomic E-state index is 0.561. The summed E-state index contributed by atoms with van der Waals surface area (Å²) in [6.07, 6.45) is 0. The van der Waals surface area contributed by atoms with Crippen molar-refractivity contribution < 1.29 is 4.42 Å². The van der Waals surface area contributed by atoms with Gasteiger partial charge in [0.1, 0.15) is 11.2 Å². The van der Waals surface area contributed by atoms with Crippen LogP contribution in [0.2, 0.25) is 0 Å². The highest BCUT2D eigenvalue weighted by Crippen LogP contribution is 2.43. The van der Waals surface area contributed by atoms with Crippen molar-refractivity contribution in [2.45, 2.75) is 0 Å². The van der Waals surface area contributed by atoms with Crippen molar-refractivity contribution in [1.82, 2.24) is 19.5 Å². The van der Waals surface area contributed by atoms with E-state index < -0.39 is 0 Å². The van der Waals surface area contributed by atoms with Gasteiger partial charge in [-0.25, -0.2) is 15.0 Å². The van der Waals surface area contributed by atoms with Gasteiger partial charge in [0.15, 0.2) is 17.5 Å². The van der Waals surface area contributed by atoms with Gasteiger partial charge in [-0.1, -0.05) is 133 Å². The number of furan rings is 1. The van der Waals surface area contributed by atoms with E-state index >= 15 is 0 Å². The second-order valence-electron chi connectivity index (χ2n) is 12.0. The molecule has 0 bridgehead atoms. The van der Waals surface area contributed by atoms with E-state index in [1.807, 2.05) is 72.8 Å². The van der Waals surface area contributed by atoms with Crippen molar-refractivity contribution in [1.29, 1.82) is 0 Å². The summed E-state index contributed by atoms with van der Waals surface area (Å²) >= 11 is 0. The fourth-order valence-electron chi connectivity index (χ4n) is 7.08. The summed E-state index contributed by atoms with van der Waals surface area (Å²) in [7, 11) is 0. The van der Waals surface area contributed by atoms with E-state index in [4.69, 9.17) is 19.4 Å². The van der Waals surface area contributed by atoms with Gasteiger partial charge in [0.05, 0.1) is 27.7 Å². The van der Waals surface area contributed by atoms with Crippen LogP contribution >= 0.6 is 0 Å². The van der Waals surface area contributed by atoms with E-state index in [1.165, 1.54) is 27.1 Å². The van der Waals surface area contributed by atoms with E-state index in [9.17, 15) is 0 Å². The number of fused-ring (bicyclic) bond motifs is 8. The van der Waals surface area contributed by atoms with Crippen molar-refractivity contribution in [2.24, 2.45) is 0 Å². The lowest BCUT2D eigenvalue weighted by Gasteiger charge is -2.13. The molecule has 0 radical (unpaired) electrons. The Hall–Kier alpha value is -6.59. The third-order valence-corrected chi connectivity index (χ3v) is 9.24. The van der Waals surface area contributed by atoms with Crippen molar-refractivity contribution in [2.75, 3.05) is 0 Å². The Morgan fingerprint density at radius 3 is 1.79 bits per heavy atom. The van der Waals surface area contributed by atoms with E-state index in [1.54, 1.807) is 0 Å². The molecule has 3 aromatic heterocycles. The summed E-state index contributed by atoms with van der Waals surface area (Å²) in [4.78, 5) is 15.0. The number of para-hydroxylation sites is 2. The zero-order valence-corrected chi connectivity index (χ0v) is 25.7. The van der Waals surface area contributed by atoms with Crippen LogP contribution in [-0.2, 0) is 0 Å². The fraction of sp³-hybridized carbons (Fsp3) is 0. The van der Waals surface area contributed by atoms with Gasteiger partial charge in [0.2, 0.25) is 0 Å². The van der Waals surface area contributed by atoms with Gasteiger partial charge >= 0.3 is 0 Å². The minimum Gasteiger partial charge on any atom is -0.455 e. The SMILES string of the molecule is c1ccc(-c2nc(-c3ccccc3)nc(-c3ccc(-n4c5ccccc5c5ccc6ccccc6c54)c4c3oc3ccccc34)n2)cc1. The lowest BCUT2D eigenvalue weighted by molar-refractivity contribution is 0.669. The molecule has 0 aliphatic carbocycles. The lowest BCUT2D eigenvalue weighted by atomic mass is 10.0. The Kier molecular flexibility index (Phi) is 5.81. The van der Waals surface area contributed by atoms with Crippen molar-refractivity contribution in [3.05, 3.63) is 158 Å². The molecule has 0 fully saturated rings. The van der Waals surface area contributed by atoms with Gasteiger partial charge < -0.3 is 8.98 Å². The highest BCUT2D eigenvalue weighted by Gasteiger charge is 2.23. The molecule has 0 unspecified atom stereocenters. The summed E-state index contributed by atoms with van der Waals surface area (Å²) in [6.45, 7) is 0. The zero-order valence-electron chi connectivity index (χ0n) is 25.7. The van der Waals surface area contributed by atoms with Crippen LogP contribution in [0.4, 0.5) is 0 Å². The molecule has 0 spiro atoms. The molecule has 10 rings (SSSR count). The van der Waals surface area contributed by atoms with Crippen LogP contribution in [0.3, 0.4) is 0 Å². The molecular weight excluding hydrogens is 589 g/mol. The Morgan fingerprint density at radius 2 is 1.04 bits per heavy atom. The molecule has 10 aromatic rings. The standard InChI is InChI=1S/C43H26N4O/c1-3-14-28(15-4-1)41-44-42(29-16-5-2-6-17-29)46-43(45-41)34-25-26-36(38-33-20-10-12-22-37(33)48-40(34)38)47-35-21-11-9-19-31(35)32-24-23-27-13-7-8-18-30(27)39(32)47/h1-26H. The van der Waals surface area contributed by atoms with Gasteiger partial charge in [-0.3, -0.25) is 0 Å². The predicted octanol–water partition coefficient (Wildman–Crippen LogP) is 11.0. The summed E-state index contributed by atoms with van der Waals surface area (Å²) < 4.78 is 9.17. The van der Waals surface area contributed by atoms with Crippen LogP contribution in [0.1, 0.15) is 0 Å². The first-order chi connectivity index (χ1) is 23.8. The molecule has 0 amide bonds. The highest BCUT2D eigenvalue weighted by molar-refractivity contribution is 6.21. The average Bonchev–Trinajstić information content (AvgIpc) is 3.72. The largest absolute Gasteiger partial charge is 0.455 e. The van der Waals surface area contributed by atoms with E-state index in [0.29, 0.717) is 17.5 Å². The lowest BCUT2D eigenvalue weighted by Crippen LogP contribution is -2.01. The third kappa shape index (κ3) is 4.01. The summed E-state index contributed by atoms with van der Waals surface area (Å²) in [5.41, 5.74) is 7.57. The van der Waals surface area contributed by atoms with Crippen molar-refractivity contribution in [3.8, 4) is 39.9 Å². The topological polar surface area (TPSA) is 56.7 Å². The van der Waals surface area contributed by atoms with Crippen molar-refractivity contribution in [3.63, 3.8) is 0 Å². The Labute approximate surface area is 275 Å². The van der Waals surface area contributed by atoms with Gasteiger partial charge in [0, 0.05) is 32.7 Å². The van der Waals surface area contributed by atoms with Crippen LogP contribution in [0.15, 0.2) is 162 Å². The molecule has 5 nitrogen and oxygen atoms in total. The van der Waals surface area contributed by atoms with Gasteiger partial charge in [0.25, 0.3) is 0 Å². The molecule has 0 aliphatic rings. The summed E-state index contributed by atoms with van der Waals surface area (Å²) in [5, 5.41) is 6.88. The maximum Gasteiger partial charge on any atom is 0.167 e. The van der Waals surface area contributed by atoms with Gasteiger partial charge in [-0.15, -0.1) is 0 Å². The van der Waals surface area contributed by atoms with Gasteiger partial charge in [-0.05, 0) is 29.7 Å². The van der Waals surface area contributed by atoms with E-state index in [-0.39, 0.29) is 0 Å². The Balaban J connectivity index is 1.32. The molecule has 0 atom stereocenters. The first kappa shape index (κ1) is 26.6. The quantitative estimate of drug-likeness (QED) is 0.198. The molecule has 0 saturated carbocycles. The van der Waals surface area contributed by atoms with Crippen LogP contribution in [0, 0.1) is 0 Å². The molecule has 0 saturated heterocycles. The number of hydrogen-bond donors (Lipinski definition) is 0. The monoisotopic (exact) mass is 614 g/mol. The summed E-state index contributed by atoms with van der Waals surface area (Å²) in [5.74, 6) is 1.79. The minimum absolute atomic E-state index is 0.561. The number of rotatable bonds is 4. The number of aromatic nitrogens is 4. The molecule has 5 heteroatoms. The second-order valence-corrected chi connectivity index (χ2v) is 12.0. The highest BCUT2D eigenvalue weighted by atomic mass is 16.3. The fourth-order valence-corrected chi connectivity index (χ4v) is 7.08. The van der Waals surface area contributed by atoms with E-state index in [2.05, 4.69) is 89.5 Å². The first-order valence-corrected chi connectivity index (χ1v) is 16.0. The van der Waals surface area contributed by atoms with Crippen molar-refractivity contribution >= 4 is 54.5 Å². The molecule has 224 valence electrons. The predicted molar refractivity (Wildman–Crippen MR) is 195 cm³/mol. The van der Waals surface area contributed by atoms with Crippen LogP contribution in [-0.4, -0.2) is 19.5 Å². The third-order valence-electron chi connectivity index (χ3n) is 9.24. The molecule has 7 aromatic carbocycles. The number of benzene rings is 7. The zero-order chi connectivity index (χ0) is 31.6. The average molecular weight is 615 g/mol. The normalized spacial score (nSPS) is 11.8. The van der Waals surface area contributed by atoms with E-state index in [0.717, 1.165) is 49.8 Å². The second kappa shape index (κ2) is 10.5. The maximum absolute atomic E-state index is 6.77. The smallest absolute Gasteiger partial charge is 0.167 e. The van der Waals surface area contributed by atoms with Crippen LogP contribution in [0.25, 0.3) is 94.4 Å². The van der Waals surface area contributed by atoms with Gasteiger partial charge in [-0.2, -0.15) is 0 Å². The Bertz CT molecular complexity index is 2780. The molecule has 48 heavy (non-hydrogen) atoms. The Morgan fingerprint density at radius 1 is 0.438 bits per heavy atom. The van der Waals surface area contributed by atoms with Crippen LogP contribution in [0.5, 0.6) is 0 Å². The number of nitrogens with zero attached hydrogens (tertiary/aromatic N) is 4. The van der Waals surface area contributed by atoms with Crippen LogP contribution < -0.4 is 0 Å². The summed E-state index contributed by atoms with van der Waals surface area (Å²) in [6, 6.07) is 54.4. The molecule has 0 aliphatic heterocycles. The molecular formula is C43H26N4O. The maximum atomic E-state index is 6.77. The molecule has 3 heterocycles.